The highest BCUT2D eigenvalue weighted by Gasteiger charge is 2.27. The molecule has 0 spiro atoms. The molecule has 1 aliphatic heterocycles. The Morgan fingerprint density at radius 2 is 2.30 bits per heavy atom. The van der Waals surface area contributed by atoms with Gasteiger partial charge in [0.1, 0.15) is 0 Å². The number of likely N-dealkylation sites (tertiary alicyclic amines) is 1. The number of carbonyl (C=O) groups excluding carboxylic acids is 1. The van der Waals surface area contributed by atoms with Gasteiger partial charge in [0.15, 0.2) is 0 Å². The Kier molecular flexibility index (Phi) is 6.82. The van der Waals surface area contributed by atoms with Crippen LogP contribution in [0.5, 0.6) is 0 Å². The van der Waals surface area contributed by atoms with Crippen LogP contribution in [0.1, 0.15) is 25.7 Å². The van der Waals surface area contributed by atoms with Gasteiger partial charge in [-0.15, -0.1) is 0 Å². The van der Waals surface area contributed by atoms with E-state index >= 15 is 0 Å². The molecule has 1 fully saturated rings. The Labute approximate surface area is 164 Å². The molecule has 27 heavy (non-hydrogen) atoms. The minimum Gasteiger partial charge on any atom is -0.383 e. The minimum atomic E-state index is -0.0379. The summed E-state index contributed by atoms with van der Waals surface area (Å²) in [5, 5.41) is 7.63. The van der Waals surface area contributed by atoms with Crippen molar-refractivity contribution in [2.24, 2.45) is 5.92 Å². The van der Waals surface area contributed by atoms with E-state index in [1.807, 2.05) is 25.1 Å². The van der Waals surface area contributed by atoms with Gasteiger partial charge in [-0.25, -0.2) is 0 Å². The first kappa shape index (κ1) is 19.8. The average molecular weight is 393 g/mol. The highest BCUT2D eigenvalue weighted by Crippen LogP contribution is 2.25. The van der Waals surface area contributed by atoms with Gasteiger partial charge in [0, 0.05) is 25.3 Å². The first-order chi connectivity index (χ1) is 13.1. The first-order valence-corrected chi connectivity index (χ1v) is 9.53. The van der Waals surface area contributed by atoms with Gasteiger partial charge in [-0.05, 0) is 38.4 Å². The van der Waals surface area contributed by atoms with Gasteiger partial charge in [0.2, 0.25) is 17.6 Å². The summed E-state index contributed by atoms with van der Waals surface area (Å²) in [5.41, 5.74) is 0.747. The lowest BCUT2D eigenvalue weighted by atomic mass is 9.97. The molecule has 1 amide bonds. The maximum atomic E-state index is 12.4. The van der Waals surface area contributed by atoms with Gasteiger partial charge < -0.3 is 14.6 Å². The molecular formula is C19H25ClN4O3. The maximum absolute atomic E-state index is 12.4. The highest BCUT2D eigenvalue weighted by molar-refractivity contribution is 6.33. The fourth-order valence-corrected chi connectivity index (χ4v) is 3.55. The summed E-state index contributed by atoms with van der Waals surface area (Å²) in [7, 11) is 1.63. The Balaban J connectivity index is 1.58. The van der Waals surface area contributed by atoms with Gasteiger partial charge in [-0.1, -0.05) is 28.9 Å². The predicted molar refractivity (Wildman–Crippen MR) is 102 cm³/mol. The van der Waals surface area contributed by atoms with Crippen molar-refractivity contribution in [3.8, 4) is 11.4 Å². The molecule has 2 atom stereocenters. The number of halogens is 1. The van der Waals surface area contributed by atoms with E-state index in [4.69, 9.17) is 20.9 Å². The van der Waals surface area contributed by atoms with Gasteiger partial charge in [-0.2, -0.15) is 4.98 Å². The number of methoxy groups -OCH3 is 1. The van der Waals surface area contributed by atoms with Crippen LogP contribution in [0.2, 0.25) is 5.02 Å². The summed E-state index contributed by atoms with van der Waals surface area (Å²) in [5.74, 6) is 1.05. The van der Waals surface area contributed by atoms with Gasteiger partial charge >= 0.3 is 0 Å². The number of hydrogen-bond acceptors (Lipinski definition) is 6. The Bertz CT molecular complexity index is 767. The zero-order chi connectivity index (χ0) is 19.2. The molecular weight excluding hydrogens is 368 g/mol. The van der Waals surface area contributed by atoms with E-state index in [-0.39, 0.29) is 17.9 Å². The summed E-state index contributed by atoms with van der Waals surface area (Å²) in [6.45, 7) is 4.55. The predicted octanol–water partition coefficient (Wildman–Crippen LogP) is 2.75. The number of benzene rings is 1. The molecule has 8 heteroatoms. The molecule has 2 aromatic rings. The Morgan fingerprint density at radius 1 is 1.48 bits per heavy atom. The third kappa shape index (κ3) is 5.28. The largest absolute Gasteiger partial charge is 0.383 e. The van der Waals surface area contributed by atoms with Crippen molar-refractivity contribution in [2.75, 3.05) is 26.8 Å². The average Bonchev–Trinajstić information content (AvgIpc) is 3.10. The number of carbonyl (C=O) groups is 1. The van der Waals surface area contributed by atoms with Crippen LogP contribution < -0.4 is 5.32 Å². The molecule has 0 radical (unpaired) electrons. The number of aromatic nitrogens is 2. The molecule has 0 aliphatic carbocycles. The number of piperidine rings is 1. The van der Waals surface area contributed by atoms with Gasteiger partial charge in [-0.3, -0.25) is 9.69 Å². The second-order valence-electron chi connectivity index (χ2n) is 6.93. The molecule has 0 bridgehead atoms. The molecule has 1 aromatic carbocycles. The summed E-state index contributed by atoms with van der Waals surface area (Å²) in [4.78, 5) is 19.1. The van der Waals surface area contributed by atoms with Gasteiger partial charge in [0.05, 0.1) is 24.1 Å². The lowest BCUT2D eigenvalue weighted by Crippen LogP contribution is -2.46. The van der Waals surface area contributed by atoms with Crippen molar-refractivity contribution in [3.63, 3.8) is 0 Å². The molecule has 146 valence electrons. The summed E-state index contributed by atoms with van der Waals surface area (Å²) < 4.78 is 10.5. The van der Waals surface area contributed by atoms with Crippen LogP contribution in [0.25, 0.3) is 11.4 Å². The Hall–Kier alpha value is -1.96. The Morgan fingerprint density at radius 3 is 3.07 bits per heavy atom. The van der Waals surface area contributed by atoms with E-state index < -0.39 is 0 Å². The fourth-order valence-electron chi connectivity index (χ4n) is 3.33. The lowest BCUT2D eigenvalue weighted by molar-refractivity contribution is -0.127. The van der Waals surface area contributed by atoms with E-state index in [0.29, 0.717) is 36.4 Å². The van der Waals surface area contributed by atoms with E-state index in [1.54, 1.807) is 13.2 Å². The minimum absolute atomic E-state index is 0.00648. The van der Waals surface area contributed by atoms with Crippen molar-refractivity contribution in [1.82, 2.24) is 20.4 Å². The van der Waals surface area contributed by atoms with Crippen LogP contribution in [0.3, 0.4) is 0 Å². The topological polar surface area (TPSA) is 80.5 Å². The van der Waals surface area contributed by atoms with Crippen molar-refractivity contribution in [2.45, 2.75) is 32.4 Å². The molecule has 1 aliphatic rings. The van der Waals surface area contributed by atoms with Crippen molar-refractivity contribution in [1.29, 1.82) is 0 Å². The summed E-state index contributed by atoms with van der Waals surface area (Å²) >= 11 is 6.19. The zero-order valence-corrected chi connectivity index (χ0v) is 16.4. The fraction of sp³-hybridized carbons (Fsp3) is 0.526. The number of amides is 1. The number of nitrogens with one attached hydrogen (secondary N) is 1. The summed E-state index contributed by atoms with van der Waals surface area (Å²) in [6, 6.07) is 7.41. The second-order valence-corrected chi connectivity index (χ2v) is 7.34. The molecule has 1 saturated heterocycles. The maximum Gasteiger partial charge on any atom is 0.241 e. The van der Waals surface area contributed by atoms with Crippen LogP contribution in [0.15, 0.2) is 28.8 Å². The lowest BCUT2D eigenvalue weighted by Gasteiger charge is -2.31. The van der Waals surface area contributed by atoms with E-state index in [9.17, 15) is 4.79 Å². The standard InChI is InChI=1S/C19H25ClN4O3/c1-13(12-26-2)21-19(25)14-6-5-9-24(10-14)11-17-22-18(23-27-17)15-7-3-4-8-16(15)20/h3-4,7-8,13-14H,5-6,9-12H2,1-2H3,(H,21,25). The SMILES string of the molecule is COCC(C)NC(=O)C1CCCN(Cc2nc(-c3ccccc3Cl)no2)C1. The van der Waals surface area contributed by atoms with E-state index in [2.05, 4.69) is 20.4 Å². The zero-order valence-electron chi connectivity index (χ0n) is 15.7. The van der Waals surface area contributed by atoms with Crippen molar-refractivity contribution >= 4 is 17.5 Å². The third-order valence-corrected chi connectivity index (χ3v) is 4.95. The number of ether oxygens (including phenoxy) is 1. The normalized spacial score (nSPS) is 19.0. The van der Waals surface area contributed by atoms with Crippen LogP contribution >= 0.6 is 11.6 Å². The van der Waals surface area contributed by atoms with Crippen molar-refractivity contribution < 1.29 is 14.1 Å². The molecule has 1 aromatic heterocycles. The smallest absolute Gasteiger partial charge is 0.241 e. The number of rotatable bonds is 7. The molecule has 1 N–H and O–H groups in total. The third-order valence-electron chi connectivity index (χ3n) is 4.62. The molecule has 3 rings (SSSR count). The van der Waals surface area contributed by atoms with Crippen LogP contribution in [0.4, 0.5) is 0 Å². The number of hydrogen-bond donors (Lipinski definition) is 1. The van der Waals surface area contributed by atoms with E-state index in [1.165, 1.54) is 0 Å². The van der Waals surface area contributed by atoms with Crippen LogP contribution in [-0.4, -0.2) is 53.8 Å². The molecule has 7 nitrogen and oxygen atoms in total. The molecule has 2 unspecified atom stereocenters. The first-order valence-electron chi connectivity index (χ1n) is 9.16. The molecule has 2 heterocycles. The van der Waals surface area contributed by atoms with Crippen LogP contribution in [0, 0.1) is 5.92 Å². The second kappa shape index (κ2) is 9.30. The van der Waals surface area contributed by atoms with Crippen LogP contribution in [-0.2, 0) is 16.1 Å². The van der Waals surface area contributed by atoms with Gasteiger partial charge in [0.25, 0.3) is 0 Å². The highest BCUT2D eigenvalue weighted by atomic mass is 35.5. The van der Waals surface area contributed by atoms with Crippen molar-refractivity contribution in [3.05, 3.63) is 35.2 Å². The monoisotopic (exact) mass is 392 g/mol. The summed E-state index contributed by atoms with van der Waals surface area (Å²) in [6.07, 6.45) is 1.85. The quantitative estimate of drug-likeness (QED) is 0.780. The number of nitrogens with zero attached hydrogens (tertiary/aromatic N) is 3. The van der Waals surface area contributed by atoms with E-state index in [0.717, 1.165) is 24.9 Å². The molecule has 0 saturated carbocycles.